The molecule has 0 aliphatic heterocycles. The van der Waals surface area contributed by atoms with E-state index >= 15 is 0 Å². The van der Waals surface area contributed by atoms with E-state index in [4.69, 9.17) is 5.84 Å². The molecular formula is C16H28N2. The predicted molar refractivity (Wildman–Crippen MR) is 79.3 cm³/mol. The minimum atomic E-state index is 0.415. The summed E-state index contributed by atoms with van der Waals surface area (Å²) in [5, 5.41) is 0. The maximum absolute atomic E-state index is 5.63. The van der Waals surface area contributed by atoms with Gasteiger partial charge in [-0.15, -0.1) is 0 Å². The fraction of sp³-hybridized carbons (Fsp3) is 0.625. The van der Waals surface area contributed by atoms with Crippen molar-refractivity contribution in [2.75, 3.05) is 0 Å². The first-order valence-corrected chi connectivity index (χ1v) is 7.37. The third kappa shape index (κ3) is 6.77. The Hall–Kier alpha value is -0.860. The first kappa shape index (κ1) is 15.2. The smallest absolute Gasteiger partial charge is 0.0250 e. The Morgan fingerprint density at radius 1 is 1.00 bits per heavy atom. The standard InChI is InChI=1S/C16H28N2/c1-2-3-4-5-6-10-13-16(18-17)14-15-11-8-7-9-12-15/h7-9,11-12,16,18H,2-6,10,13-14,17H2,1H3. The van der Waals surface area contributed by atoms with Gasteiger partial charge in [0.15, 0.2) is 0 Å². The monoisotopic (exact) mass is 248 g/mol. The summed E-state index contributed by atoms with van der Waals surface area (Å²) in [5.41, 5.74) is 4.32. The molecule has 1 atom stereocenters. The third-order valence-electron chi connectivity index (χ3n) is 3.47. The number of rotatable bonds is 10. The highest BCUT2D eigenvalue weighted by Gasteiger charge is 2.06. The van der Waals surface area contributed by atoms with Crippen LogP contribution in [-0.2, 0) is 6.42 Å². The van der Waals surface area contributed by atoms with E-state index in [1.54, 1.807) is 0 Å². The molecule has 0 amide bonds. The lowest BCUT2D eigenvalue weighted by atomic mass is 10.0. The normalized spacial score (nSPS) is 12.6. The molecule has 0 heterocycles. The lowest BCUT2D eigenvalue weighted by Gasteiger charge is -2.15. The van der Waals surface area contributed by atoms with Gasteiger partial charge in [-0.3, -0.25) is 11.3 Å². The molecule has 0 spiro atoms. The van der Waals surface area contributed by atoms with Crippen LogP contribution >= 0.6 is 0 Å². The summed E-state index contributed by atoms with van der Waals surface area (Å²) in [6.07, 6.45) is 10.3. The Morgan fingerprint density at radius 3 is 2.33 bits per heavy atom. The van der Waals surface area contributed by atoms with Crippen LogP contribution in [0.3, 0.4) is 0 Å². The molecule has 0 saturated heterocycles. The van der Waals surface area contributed by atoms with Crippen molar-refractivity contribution < 1.29 is 0 Å². The SMILES string of the molecule is CCCCCCCCC(Cc1ccccc1)NN. The fourth-order valence-electron chi connectivity index (χ4n) is 2.31. The second-order valence-corrected chi connectivity index (χ2v) is 5.11. The summed E-state index contributed by atoms with van der Waals surface area (Å²) < 4.78 is 0. The van der Waals surface area contributed by atoms with Crippen molar-refractivity contribution in [3.8, 4) is 0 Å². The summed E-state index contributed by atoms with van der Waals surface area (Å²) in [4.78, 5) is 0. The quantitative estimate of drug-likeness (QED) is 0.375. The highest BCUT2D eigenvalue weighted by atomic mass is 15.2. The molecule has 0 aromatic heterocycles. The molecule has 0 radical (unpaired) electrons. The van der Waals surface area contributed by atoms with Gasteiger partial charge in [0.1, 0.15) is 0 Å². The van der Waals surface area contributed by atoms with Crippen molar-refractivity contribution in [2.24, 2.45) is 5.84 Å². The van der Waals surface area contributed by atoms with Crippen LogP contribution in [0.2, 0.25) is 0 Å². The van der Waals surface area contributed by atoms with Gasteiger partial charge in [0.05, 0.1) is 0 Å². The van der Waals surface area contributed by atoms with E-state index in [9.17, 15) is 0 Å². The van der Waals surface area contributed by atoms with Crippen LogP contribution in [0, 0.1) is 0 Å². The maximum atomic E-state index is 5.63. The van der Waals surface area contributed by atoms with Gasteiger partial charge < -0.3 is 0 Å². The number of unbranched alkanes of at least 4 members (excludes halogenated alkanes) is 5. The Balaban J connectivity index is 2.14. The van der Waals surface area contributed by atoms with E-state index in [1.165, 1.54) is 50.5 Å². The zero-order valence-corrected chi connectivity index (χ0v) is 11.7. The Bertz CT molecular complexity index is 284. The van der Waals surface area contributed by atoms with Crippen molar-refractivity contribution in [3.05, 3.63) is 35.9 Å². The van der Waals surface area contributed by atoms with E-state index in [-0.39, 0.29) is 0 Å². The van der Waals surface area contributed by atoms with Crippen LogP contribution < -0.4 is 11.3 Å². The highest BCUT2D eigenvalue weighted by Crippen LogP contribution is 2.11. The van der Waals surface area contributed by atoms with Gasteiger partial charge in [-0.25, -0.2) is 0 Å². The molecule has 0 aliphatic carbocycles. The van der Waals surface area contributed by atoms with E-state index in [1.807, 2.05) is 0 Å². The summed E-state index contributed by atoms with van der Waals surface area (Å²) in [5.74, 6) is 5.63. The lowest BCUT2D eigenvalue weighted by molar-refractivity contribution is 0.459. The van der Waals surface area contributed by atoms with Crippen LogP contribution in [-0.4, -0.2) is 6.04 Å². The number of nitrogens with two attached hydrogens (primary N) is 1. The molecule has 1 aromatic carbocycles. The minimum absolute atomic E-state index is 0.415. The second kappa shape index (κ2) is 10.1. The van der Waals surface area contributed by atoms with Crippen molar-refractivity contribution in [1.29, 1.82) is 0 Å². The largest absolute Gasteiger partial charge is 0.271 e. The summed E-state index contributed by atoms with van der Waals surface area (Å²) >= 11 is 0. The zero-order valence-electron chi connectivity index (χ0n) is 11.7. The molecule has 2 heteroatoms. The number of nitrogens with one attached hydrogen (secondary N) is 1. The Kier molecular flexibility index (Phi) is 8.53. The van der Waals surface area contributed by atoms with Gasteiger partial charge in [-0.2, -0.15) is 0 Å². The lowest BCUT2D eigenvalue weighted by Crippen LogP contribution is -2.36. The molecule has 0 bridgehead atoms. The average Bonchev–Trinajstić information content (AvgIpc) is 2.42. The summed E-state index contributed by atoms with van der Waals surface area (Å²) in [6.45, 7) is 2.26. The first-order chi connectivity index (χ1) is 8.86. The fourth-order valence-corrected chi connectivity index (χ4v) is 2.31. The first-order valence-electron chi connectivity index (χ1n) is 7.37. The number of benzene rings is 1. The summed E-state index contributed by atoms with van der Waals surface area (Å²) in [6, 6.07) is 11.0. The molecule has 1 rings (SSSR count). The molecule has 0 saturated carbocycles. The number of hydrogen-bond acceptors (Lipinski definition) is 2. The van der Waals surface area contributed by atoms with Gasteiger partial charge in [0.25, 0.3) is 0 Å². The molecule has 18 heavy (non-hydrogen) atoms. The van der Waals surface area contributed by atoms with Crippen molar-refractivity contribution in [1.82, 2.24) is 5.43 Å². The van der Waals surface area contributed by atoms with Crippen LogP contribution in [0.4, 0.5) is 0 Å². The van der Waals surface area contributed by atoms with Gasteiger partial charge in [0.2, 0.25) is 0 Å². The Labute approximate surface area is 112 Å². The van der Waals surface area contributed by atoms with Gasteiger partial charge in [-0.1, -0.05) is 75.8 Å². The molecule has 0 fully saturated rings. The van der Waals surface area contributed by atoms with Crippen molar-refractivity contribution >= 4 is 0 Å². The Morgan fingerprint density at radius 2 is 1.67 bits per heavy atom. The van der Waals surface area contributed by atoms with E-state index in [0.717, 1.165) is 6.42 Å². The molecule has 102 valence electrons. The van der Waals surface area contributed by atoms with Crippen LogP contribution in [0.25, 0.3) is 0 Å². The van der Waals surface area contributed by atoms with E-state index in [0.29, 0.717) is 6.04 Å². The minimum Gasteiger partial charge on any atom is -0.271 e. The predicted octanol–water partition coefficient (Wildman–Crippen LogP) is 3.81. The maximum Gasteiger partial charge on any atom is 0.0250 e. The van der Waals surface area contributed by atoms with E-state index in [2.05, 4.69) is 42.7 Å². The van der Waals surface area contributed by atoms with Gasteiger partial charge >= 0.3 is 0 Å². The van der Waals surface area contributed by atoms with Crippen LogP contribution in [0.1, 0.15) is 57.4 Å². The van der Waals surface area contributed by atoms with E-state index < -0.39 is 0 Å². The van der Waals surface area contributed by atoms with Crippen molar-refractivity contribution in [2.45, 2.75) is 64.3 Å². The molecule has 3 N–H and O–H groups in total. The molecule has 0 aliphatic rings. The van der Waals surface area contributed by atoms with Crippen molar-refractivity contribution in [3.63, 3.8) is 0 Å². The second-order valence-electron chi connectivity index (χ2n) is 5.11. The molecular weight excluding hydrogens is 220 g/mol. The third-order valence-corrected chi connectivity index (χ3v) is 3.47. The van der Waals surface area contributed by atoms with Gasteiger partial charge in [0, 0.05) is 6.04 Å². The number of hydrogen-bond donors (Lipinski definition) is 2. The van der Waals surface area contributed by atoms with Gasteiger partial charge in [-0.05, 0) is 18.4 Å². The zero-order chi connectivity index (χ0) is 13.1. The molecule has 1 aromatic rings. The van der Waals surface area contributed by atoms with Crippen LogP contribution in [0.5, 0.6) is 0 Å². The average molecular weight is 248 g/mol. The number of hydrazine groups is 1. The molecule has 2 nitrogen and oxygen atoms in total. The highest BCUT2D eigenvalue weighted by molar-refractivity contribution is 5.15. The molecule has 1 unspecified atom stereocenters. The summed E-state index contributed by atoms with van der Waals surface area (Å²) in [7, 11) is 0. The topological polar surface area (TPSA) is 38.0 Å². The van der Waals surface area contributed by atoms with Crippen LogP contribution in [0.15, 0.2) is 30.3 Å².